The molecular weight excluding hydrogens is 877 g/mol. The van der Waals surface area contributed by atoms with Crippen LogP contribution in [0.3, 0.4) is 0 Å². The molecule has 3 aromatic heterocycles. The number of furan rings is 2. The monoisotopic (exact) mass is 918 g/mol. The molecule has 0 N–H and O–H groups in total. The molecule has 0 radical (unpaired) electrons. The SMILES string of the molecule is c1ccc(-n2c3ccccc3c3ccccc32)c(-c2ccc(N(c3ccc(-c4cccc5oc6c7ccccc7ccc6c45)cc3)c3ccc(-c4cccc5oc6c7ccccc7ccc6c45)cc3)cc2)c1. The van der Waals surface area contributed by atoms with E-state index in [1.165, 1.54) is 38.1 Å². The Morgan fingerprint density at radius 3 is 1.15 bits per heavy atom. The largest absolute Gasteiger partial charge is 0.455 e. The quantitative estimate of drug-likeness (QED) is 0.160. The van der Waals surface area contributed by atoms with Crippen LogP contribution in [0, 0.1) is 0 Å². The number of anilines is 3. The minimum atomic E-state index is 0.886. The summed E-state index contributed by atoms with van der Waals surface area (Å²) in [7, 11) is 0. The Balaban J connectivity index is 0.851. The number of fused-ring (bicyclic) bond motifs is 13. The molecule has 15 aromatic rings. The van der Waals surface area contributed by atoms with E-state index in [1.807, 2.05) is 0 Å². The van der Waals surface area contributed by atoms with Crippen LogP contribution < -0.4 is 4.90 Å². The van der Waals surface area contributed by atoms with Crippen molar-refractivity contribution in [2.24, 2.45) is 0 Å². The molecular formula is C68H42N2O2. The predicted molar refractivity (Wildman–Crippen MR) is 301 cm³/mol. The summed E-state index contributed by atoms with van der Waals surface area (Å²) in [5, 5.41) is 11.6. The van der Waals surface area contributed by atoms with Gasteiger partial charge in [0.1, 0.15) is 22.3 Å². The van der Waals surface area contributed by atoms with Gasteiger partial charge in [-0.2, -0.15) is 0 Å². The second-order valence-corrected chi connectivity index (χ2v) is 18.8. The number of hydrogen-bond acceptors (Lipinski definition) is 3. The molecule has 336 valence electrons. The van der Waals surface area contributed by atoms with Gasteiger partial charge < -0.3 is 18.3 Å². The number of para-hydroxylation sites is 3. The Bertz CT molecular complexity index is 4360. The van der Waals surface area contributed by atoms with Crippen molar-refractivity contribution in [3.63, 3.8) is 0 Å². The molecule has 12 aromatic carbocycles. The lowest BCUT2D eigenvalue weighted by Crippen LogP contribution is -2.09. The standard InChI is InChI=1S/C68H42N2O2/c1-3-16-54-43(13-1)33-41-58-65-52(20-11-25-63(65)71-67(54)58)46-29-37-49(38-30-46)69(50-39-31-47(32-40-50)53-21-12-26-64-66(53)59-42-34-44-14-2-4-17-55(44)68(59)72-64)48-35-27-45(28-36-48)51-15-5-8-22-60(51)70-61-23-9-6-18-56(61)57-19-7-10-24-62(57)70/h1-42H. The van der Waals surface area contributed by atoms with Crippen LogP contribution in [0.2, 0.25) is 0 Å². The normalized spacial score (nSPS) is 11.9. The summed E-state index contributed by atoms with van der Waals surface area (Å²) >= 11 is 0. The minimum Gasteiger partial charge on any atom is -0.455 e. The summed E-state index contributed by atoms with van der Waals surface area (Å²) in [5.74, 6) is 0. The van der Waals surface area contributed by atoms with E-state index in [-0.39, 0.29) is 0 Å². The van der Waals surface area contributed by atoms with Crippen LogP contribution in [0.4, 0.5) is 17.1 Å². The summed E-state index contributed by atoms with van der Waals surface area (Å²) in [4.78, 5) is 2.36. The highest BCUT2D eigenvalue weighted by Gasteiger charge is 2.20. The molecule has 0 unspecified atom stereocenters. The smallest absolute Gasteiger partial charge is 0.143 e. The average Bonchev–Trinajstić information content (AvgIpc) is 4.14. The molecule has 15 rings (SSSR count). The fourth-order valence-corrected chi connectivity index (χ4v) is 11.5. The van der Waals surface area contributed by atoms with Gasteiger partial charge in [-0.1, -0.05) is 176 Å². The third-order valence-electron chi connectivity index (χ3n) is 14.8. The van der Waals surface area contributed by atoms with Gasteiger partial charge in [0.15, 0.2) is 0 Å². The number of rotatable bonds is 7. The van der Waals surface area contributed by atoms with Crippen LogP contribution in [-0.4, -0.2) is 4.57 Å². The Kier molecular flexibility index (Phi) is 8.92. The van der Waals surface area contributed by atoms with E-state index in [0.717, 1.165) is 105 Å². The number of hydrogen-bond donors (Lipinski definition) is 0. The molecule has 0 aliphatic rings. The van der Waals surface area contributed by atoms with Crippen LogP contribution in [0.5, 0.6) is 0 Å². The molecule has 0 aliphatic heterocycles. The molecule has 4 heteroatoms. The van der Waals surface area contributed by atoms with E-state index in [2.05, 4.69) is 264 Å². The van der Waals surface area contributed by atoms with E-state index in [1.54, 1.807) is 0 Å². The van der Waals surface area contributed by atoms with E-state index in [4.69, 9.17) is 8.83 Å². The van der Waals surface area contributed by atoms with Gasteiger partial charge in [0.25, 0.3) is 0 Å². The lowest BCUT2D eigenvalue weighted by Gasteiger charge is -2.26. The molecule has 0 fully saturated rings. The summed E-state index contributed by atoms with van der Waals surface area (Å²) < 4.78 is 15.6. The van der Waals surface area contributed by atoms with E-state index >= 15 is 0 Å². The molecule has 0 amide bonds. The highest BCUT2D eigenvalue weighted by atomic mass is 16.3. The zero-order chi connectivity index (χ0) is 47.3. The molecule has 4 nitrogen and oxygen atoms in total. The zero-order valence-corrected chi connectivity index (χ0v) is 39.0. The van der Waals surface area contributed by atoms with Crippen LogP contribution in [0.1, 0.15) is 0 Å². The van der Waals surface area contributed by atoms with Gasteiger partial charge in [-0.25, -0.2) is 0 Å². The van der Waals surface area contributed by atoms with Gasteiger partial charge in [-0.15, -0.1) is 0 Å². The molecule has 72 heavy (non-hydrogen) atoms. The van der Waals surface area contributed by atoms with Crippen molar-refractivity contribution >= 4 is 104 Å². The van der Waals surface area contributed by atoms with Crippen LogP contribution >= 0.6 is 0 Å². The Morgan fingerprint density at radius 1 is 0.278 bits per heavy atom. The summed E-state index contributed by atoms with van der Waals surface area (Å²) in [5.41, 5.74) is 17.2. The van der Waals surface area contributed by atoms with E-state index in [9.17, 15) is 0 Å². The van der Waals surface area contributed by atoms with Gasteiger partial charge >= 0.3 is 0 Å². The first-order valence-electron chi connectivity index (χ1n) is 24.6. The maximum Gasteiger partial charge on any atom is 0.143 e. The van der Waals surface area contributed by atoms with Crippen molar-refractivity contribution in [1.82, 2.24) is 4.57 Å². The predicted octanol–water partition coefficient (Wildman–Crippen LogP) is 19.4. The number of benzene rings is 12. The van der Waals surface area contributed by atoms with Crippen molar-refractivity contribution in [2.75, 3.05) is 4.90 Å². The molecule has 0 atom stereocenters. The third-order valence-corrected chi connectivity index (χ3v) is 14.8. The lowest BCUT2D eigenvalue weighted by molar-refractivity contribution is 0.672. The van der Waals surface area contributed by atoms with Gasteiger partial charge in [0.05, 0.1) is 16.7 Å². The van der Waals surface area contributed by atoms with Crippen molar-refractivity contribution in [1.29, 1.82) is 0 Å². The van der Waals surface area contributed by atoms with Gasteiger partial charge in [0, 0.05) is 65.7 Å². The van der Waals surface area contributed by atoms with Crippen molar-refractivity contribution in [2.45, 2.75) is 0 Å². The van der Waals surface area contributed by atoms with Gasteiger partial charge in [-0.3, -0.25) is 0 Å². The Hall–Kier alpha value is -9.64. The number of nitrogens with zero attached hydrogens (tertiary/aromatic N) is 2. The lowest BCUT2D eigenvalue weighted by atomic mass is 9.97. The first-order valence-corrected chi connectivity index (χ1v) is 24.6. The van der Waals surface area contributed by atoms with Crippen molar-refractivity contribution < 1.29 is 8.83 Å². The van der Waals surface area contributed by atoms with Crippen LogP contribution in [-0.2, 0) is 0 Å². The second kappa shape index (κ2) is 16.0. The second-order valence-electron chi connectivity index (χ2n) is 18.8. The molecule has 0 aliphatic carbocycles. The fraction of sp³-hybridized carbons (Fsp3) is 0. The average molecular weight is 919 g/mol. The number of aromatic nitrogens is 1. The topological polar surface area (TPSA) is 34.5 Å². The maximum absolute atomic E-state index is 6.60. The molecule has 3 heterocycles. The molecule has 0 saturated carbocycles. The minimum absolute atomic E-state index is 0.886. The molecule has 0 saturated heterocycles. The van der Waals surface area contributed by atoms with Crippen molar-refractivity contribution in [3.8, 4) is 39.1 Å². The first-order chi connectivity index (χ1) is 35.7. The van der Waals surface area contributed by atoms with Gasteiger partial charge in [-0.05, 0) is 117 Å². The molecule has 0 bridgehead atoms. The highest BCUT2D eigenvalue weighted by molar-refractivity contribution is 6.20. The Morgan fingerprint density at radius 2 is 0.667 bits per heavy atom. The summed E-state index contributed by atoms with van der Waals surface area (Å²) in [6.07, 6.45) is 0. The molecule has 0 spiro atoms. The van der Waals surface area contributed by atoms with Crippen molar-refractivity contribution in [3.05, 3.63) is 255 Å². The van der Waals surface area contributed by atoms with E-state index in [0.29, 0.717) is 0 Å². The highest BCUT2D eigenvalue weighted by Crippen LogP contribution is 2.44. The van der Waals surface area contributed by atoms with E-state index < -0.39 is 0 Å². The zero-order valence-electron chi connectivity index (χ0n) is 39.0. The first kappa shape index (κ1) is 40.3. The fourth-order valence-electron chi connectivity index (χ4n) is 11.5. The summed E-state index contributed by atoms with van der Waals surface area (Å²) in [6, 6.07) is 91.6. The van der Waals surface area contributed by atoms with Crippen LogP contribution in [0.15, 0.2) is 264 Å². The van der Waals surface area contributed by atoms with Gasteiger partial charge in [0.2, 0.25) is 0 Å². The third kappa shape index (κ3) is 6.19. The maximum atomic E-state index is 6.60. The Labute approximate surface area is 414 Å². The van der Waals surface area contributed by atoms with Crippen LogP contribution in [0.25, 0.3) is 126 Å². The summed E-state index contributed by atoms with van der Waals surface area (Å²) in [6.45, 7) is 0.